The van der Waals surface area contributed by atoms with Crippen LogP contribution in [0, 0.1) is 6.92 Å². The van der Waals surface area contributed by atoms with Crippen molar-refractivity contribution in [2.24, 2.45) is 0 Å². The molecular formula is C11H13BrN2O. The van der Waals surface area contributed by atoms with Crippen LogP contribution in [0.25, 0.3) is 0 Å². The largest absolute Gasteiger partial charge is 0.338 e. The number of aryl methyl sites for hydroxylation is 1. The first-order valence-corrected chi connectivity index (χ1v) is 5.79. The first kappa shape index (κ1) is 10.5. The molecule has 1 aromatic rings. The normalized spacial score (nSPS) is 16.4. The number of halogens is 1. The minimum Gasteiger partial charge on any atom is -0.338 e. The van der Waals surface area contributed by atoms with Crippen molar-refractivity contribution >= 4 is 27.6 Å². The Labute approximate surface area is 97.6 Å². The Bertz CT molecular complexity index is 392. The second kappa shape index (κ2) is 4.23. The van der Waals surface area contributed by atoms with E-state index in [0.717, 1.165) is 29.7 Å². The maximum Gasteiger partial charge on any atom is 0.321 e. The van der Waals surface area contributed by atoms with E-state index >= 15 is 0 Å². The first-order chi connectivity index (χ1) is 7.18. The standard InChI is InChI=1S/C11H13BrN2O/c1-8-3-4-10(9(12)7-8)14-6-2-5-13-11(14)15/h3-4,7H,2,5-6H2,1H3,(H,13,15). The molecular weight excluding hydrogens is 256 g/mol. The van der Waals surface area contributed by atoms with Gasteiger partial charge in [0.2, 0.25) is 0 Å². The van der Waals surface area contributed by atoms with Gasteiger partial charge in [0.25, 0.3) is 0 Å². The molecule has 0 saturated carbocycles. The van der Waals surface area contributed by atoms with Gasteiger partial charge in [-0.1, -0.05) is 6.07 Å². The topological polar surface area (TPSA) is 32.3 Å². The average Bonchev–Trinajstić information content (AvgIpc) is 2.20. The van der Waals surface area contributed by atoms with Crippen molar-refractivity contribution in [1.29, 1.82) is 0 Å². The van der Waals surface area contributed by atoms with E-state index in [2.05, 4.69) is 21.2 Å². The molecule has 15 heavy (non-hydrogen) atoms. The highest BCUT2D eigenvalue weighted by molar-refractivity contribution is 9.10. The number of nitrogens with one attached hydrogen (secondary N) is 1. The molecule has 0 aromatic heterocycles. The lowest BCUT2D eigenvalue weighted by Crippen LogP contribution is -2.46. The summed E-state index contributed by atoms with van der Waals surface area (Å²) in [5.74, 6) is 0. The minimum atomic E-state index is -0.00852. The van der Waals surface area contributed by atoms with Gasteiger partial charge in [-0.2, -0.15) is 0 Å². The third kappa shape index (κ3) is 2.15. The summed E-state index contributed by atoms with van der Waals surface area (Å²) in [5.41, 5.74) is 2.13. The molecule has 1 heterocycles. The fraction of sp³-hybridized carbons (Fsp3) is 0.364. The van der Waals surface area contributed by atoms with Gasteiger partial charge in [-0.3, -0.25) is 4.90 Å². The lowest BCUT2D eigenvalue weighted by Gasteiger charge is -2.28. The molecule has 2 amide bonds. The van der Waals surface area contributed by atoms with E-state index in [1.165, 1.54) is 5.56 Å². The van der Waals surface area contributed by atoms with Crippen LogP contribution in [-0.4, -0.2) is 19.1 Å². The maximum atomic E-state index is 11.6. The molecule has 2 rings (SSSR count). The number of carbonyl (C=O) groups excluding carboxylic acids is 1. The van der Waals surface area contributed by atoms with Crippen LogP contribution in [0.15, 0.2) is 22.7 Å². The van der Waals surface area contributed by atoms with Crippen LogP contribution in [0.3, 0.4) is 0 Å². The summed E-state index contributed by atoms with van der Waals surface area (Å²) < 4.78 is 0.972. The molecule has 0 atom stereocenters. The van der Waals surface area contributed by atoms with Crippen LogP contribution in [0.4, 0.5) is 10.5 Å². The van der Waals surface area contributed by atoms with Gasteiger partial charge in [-0.25, -0.2) is 4.79 Å². The summed E-state index contributed by atoms with van der Waals surface area (Å²) in [6.45, 7) is 3.59. The predicted octanol–water partition coefficient (Wildman–Crippen LogP) is 2.68. The molecule has 1 fully saturated rings. The van der Waals surface area contributed by atoms with E-state index in [0.29, 0.717) is 0 Å². The monoisotopic (exact) mass is 268 g/mol. The van der Waals surface area contributed by atoms with Gasteiger partial charge in [-0.05, 0) is 47.0 Å². The zero-order valence-electron chi connectivity index (χ0n) is 8.59. The van der Waals surface area contributed by atoms with Gasteiger partial charge in [0.05, 0.1) is 5.69 Å². The van der Waals surface area contributed by atoms with Crippen molar-refractivity contribution in [3.05, 3.63) is 28.2 Å². The van der Waals surface area contributed by atoms with Crippen LogP contribution in [0.2, 0.25) is 0 Å². The number of amides is 2. The molecule has 4 heteroatoms. The molecule has 0 bridgehead atoms. The van der Waals surface area contributed by atoms with E-state index in [4.69, 9.17) is 0 Å². The summed E-state index contributed by atoms with van der Waals surface area (Å²) in [4.78, 5) is 13.4. The first-order valence-electron chi connectivity index (χ1n) is 5.00. The fourth-order valence-corrected chi connectivity index (χ4v) is 2.40. The molecule has 0 radical (unpaired) electrons. The SMILES string of the molecule is Cc1ccc(N2CCCNC2=O)c(Br)c1. The van der Waals surface area contributed by atoms with E-state index < -0.39 is 0 Å². The zero-order valence-corrected chi connectivity index (χ0v) is 10.2. The Balaban J connectivity index is 2.31. The molecule has 1 N–H and O–H groups in total. The summed E-state index contributed by atoms with van der Waals surface area (Å²) in [6.07, 6.45) is 0.992. The van der Waals surface area contributed by atoms with E-state index in [-0.39, 0.29) is 6.03 Å². The smallest absolute Gasteiger partial charge is 0.321 e. The number of carbonyl (C=O) groups is 1. The van der Waals surface area contributed by atoms with Crippen molar-refractivity contribution in [2.75, 3.05) is 18.0 Å². The quantitative estimate of drug-likeness (QED) is 0.835. The molecule has 1 aliphatic heterocycles. The number of nitrogens with zero attached hydrogens (tertiary/aromatic N) is 1. The number of urea groups is 1. The Morgan fingerprint density at radius 3 is 2.93 bits per heavy atom. The van der Waals surface area contributed by atoms with Crippen molar-refractivity contribution < 1.29 is 4.79 Å². The third-order valence-electron chi connectivity index (χ3n) is 2.47. The highest BCUT2D eigenvalue weighted by Gasteiger charge is 2.20. The van der Waals surface area contributed by atoms with Gasteiger partial charge in [-0.15, -0.1) is 0 Å². The average molecular weight is 269 g/mol. The number of hydrogen-bond donors (Lipinski definition) is 1. The number of rotatable bonds is 1. The van der Waals surface area contributed by atoms with E-state index in [1.807, 2.05) is 25.1 Å². The number of anilines is 1. The van der Waals surface area contributed by atoms with Crippen LogP contribution in [0.1, 0.15) is 12.0 Å². The molecule has 1 aliphatic rings. The molecule has 80 valence electrons. The molecule has 1 aromatic carbocycles. The lowest BCUT2D eigenvalue weighted by molar-refractivity contribution is 0.243. The molecule has 0 spiro atoms. The Morgan fingerprint density at radius 2 is 2.27 bits per heavy atom. The van der Waals surface area contributed by atoms with Crippen molar-refractivity contribution in [3.63, 3.8) is 0 Å². The summed E-state index contributed by atoms with van der Waals surface area (Å²) in [7, 11) is 0. The van der Waals surface area contributed by atoms with Gasteiger partial charge in [0, 0.05) is 17.6 Å². The van der Waals surface area contributed by atoms with Crippen LogP contribution >= 0.6 is 15.9 Å². The van der Waals surface area contributed by atoms with Crippen molar-refractivity contribution in [2.45, 2.75) is 13.3 Å². The second-order valence-electron chi connectivity index (χ2n) is 3.69. The van der Waals surface area contributed by atoms with E-state index in [9.17, 15) is 4.79 Å². The molecule has 1 saturated heterocycles. The second-order valence-corrected chi connectivity index (χ2v) is 4.55. The molecule has 3 nitrogen and oxygen atoms in total. The van der Waals surface area contributed by atoms with Gasteiger partial charge in [0.1, 0.15) is 0 Å². The highest BCUT2D eigenvalue weighted by Crippen LogP contribution is 2.28. The maximum absolute atomic E-state index is 11.6. The van der Waals surface area contributed by atoms with Crippen LogP contribution in [-0.2, 0) is 0 Å². The molecule has 0 unspecified atom stereocenters. The molecule has 0 aliphatic carbocycles. The van der Waals surface area contributed by atoms with E-state index in [1.54, 1.807) is 4.90 Å². The third-order valence-corrected chi connectivity index (χ3v) is 3.11. The number of benzene rings is 1. The van der Waals surface area contributed by atoms with Gasteiger partial charge < -0.3 is 5.32 Å². The number of hydrogen-bond acceptors (Lipinski definition) is 1. The van der Waals surface area contributed by atoms with Gasteiger partial charge in [0.15, 0.2) is 0 Å². The summed E-state index contributed by atoms with van der Waals surface area (Å²) in [5, 5.41) is 2.84. The zero-order chi connectivity index (χ0) is 10.8. The highest BCUT2D eigenvalue weighted by atomic mass is 79.9. The Hall–Kier alpha value is -1.03. The van der Waals surface area contributed by atoms with Crippen molar-refractivity contribution in [1.82, 2.24) is 5.32 Å². The predicted molar refractivity (Wildman–Crippen MR) is 64.2 cm³/mol. The summed E-state index contributed by atoms with van der Waals surface area (Å²) in [6, 6.07) is 6.01. The summed E-state index contributed by atoms with van der Waals surface area (Å²) >= 11 is 3.49. The fourth-order valence-electron chi connectivity index (χ4n) is 1.69. The Kier molecular flexibility index (Phi) is 2.95. The minimum absolute atomic E-state index is 0.00852. The lowest BCUT2D eigenvalue weighted by atomic mass is 10.2. The van der Waals surface area contributed by atoms with Crippen molar-refractivity contribution in [3.8, 4) is 0 Å². The van der Waals surface area contributed by atoms with Crippen LogP contribution in [0.5, 0.6) is 0 Å². The van der Waals surface area contributed by atoms with Crippen LogP contribution < -0.4 is 10.2 Å². The Morgan fingerprint density at radius 1 is 1.47 bits per heavy atom. The van der Waals surface area contributed by atoms with Gasteiger partial charge >= 0.3 is 6.03 Å².